The predicted molar refractivity (Wildman–Crippen MR) is 87.1 cm³/mol. The van der Waals surface area contributed by atoms with Crippen LogP contribution < -0.4 is 11.1 Å². The van der Waals surface area contributed by atoms with Gasteiger partial charge >= 0.3 is 0 Å². The van der Waals surface area contributed by atoms with Gasteiger partial charge in [-0.05, 0) is 30.5 Å². The maximum Gasteiger partial charge on any atom is 0.292 e. The number of benzene rings is 1. The number of fused-ring (bicyclic) bond motifs is 2. The molecule has 1 saturated carbocycles. The molecule has 0 unspecified atom stereocenters. The van der Waals surface area contributed by atoms with Gasteiger partial charge in [-0.3, -0.25) is 0 Å². The van der Waals surface area contributed by atoms with E-state index in [2.05, 4.69) is 30.6 Å². The summed E-state index contributed by atoms with van der Waals surface area (Å²) in [6, 6.07) is 6.34. The number of hydrogen-bond donors (Lipinski definition) is 2. The lowest BCUT2D eigenvalue weighted by Gasteiger charge is -2.05. The van der Waals surface area contributed by atoms with Gasteiger partial charge in [-0.15, -0.1) is 5.10 Å². The first-order valence-corrected chi connectivity index (χ1v) is 7.72. The van der Waals surface area contributed by atoms with Gasteiger partial charge in [0.25, 0.3) is 6.01 Å². The van der Waals surface area contributed by atoms with Gasteiger partial charge in [-0.2, -0.15) is 4.98 Å². The molecule has 0 atom stereocenters. The monoisotopic (exact) mass is 322 g/mol. The third-order valence-corrected chi connectivity index (χ3v) is 4.08. The molecule has 0 amide bonds. The van der Waals surface area contributed by atoms with E-state index in [1.54, 1.807) is 0 Å². The van der Waals surface area contributed by atoms with E-state index in [0.29, 0.717) is 29.5 Å². The average molecular weight is 322 g/mol. The van der Waals surface area contributed by atoms with Crippen molar-refractivity contribution in [3.8, 4) is 0 Å². The summed E-state index contributed by atoms with van der Waals surface area (Å²) in [6.07, 6.45) is 3.80. The van der Waals surface area contributed by atoms with Crippen molar-refractivity contribution in [2.75, 3.05) is 11.1 Å². The molecular formula is C15H14N8O. The molecule has 1 fully saturated rings. The fourth-order valence-electron chi connectivity index (χ4n) is 2.75. The number of nitrogens with two attached hydrogens (primary N) is 1. The van der Waals surface area contributed by atoms with E-state index in [-0.39, 0.29) is 6.01 Å². The van der Waals surface area contributed by atoms with Crippen LogP contribution in [-0.4, -0.2) is 29.9 Å². The van der Waals surface area contributed by atoms with Gasteiger partial charge in [-0.25, -0.2) is 14.6 Å². The Balaban J connectivity index is 1.43. The van der Waals surface area contributed by atoms with E-state index in [0.717, 1.165) is 29.6 Å². The fourth-order valence-corrected chi connectivity index (χ4v) is 2.75. The smallest absolute Gasteiger partial charge is 0.292 e. The molecule has 120 valence electrons. The van der Waals surface area contributed by atoms with E-state index in [1.165, 1.54) is 6.33 Å². The van der Waals surface area contributed by atoms with Gasteiger partial charge in [-0.1, -0.05) is 11.3 Å². The maximum atomic E-state index is 5.57. The predicted octanol–water partition coefficient (Wildman–Crippen LogP) is 1.89. The maximum absolute atomic E-state index is 5.57. The van der Waals surface area contributed by atoms with E-state index >= 15 is 0 Å². The lowest BCUT2D eigenvalue weighted by Crippen LogP contribution is -2.03. The van der Waals surface area contributed by atoms with Crippen LogP contribution in [0.5, 0.6) is 0 Å². The third-order valence-electron chi connectivity index (χ3n) is 4.08. The Labute approximate surface area is 135 Å². The molecule has 1 aromatic carbocycles. The highest BCUT2D eigenvalue weighted by Crippen LogP contribution is 2.36. The summed E-state index contributed by atoms with van der Waals surface area (Å²) in [7, 11) is 0. The van der Waals surface area contributed by atoms with Crippen molar-refractivity contribution >= 4 is 34.1 Å². The van der Waals surface area contributed by atoms with Crippen LogP contribution in [0.15, 0.2) is 28.9 Å². The van der Waals surface area contributed by atoms with Crippen molar-refractivity contribution in [3.05, 3.63) is 30.1 Å². The Morgan fingerprint density at radius 2 is 2.21 bits per heavy atom. The Morgan fingerprint density at radius 3 is 3.08 bits per heavy atom. The van der Waals surface area contributed by atoms with E-state index in [9.17, 15) is 0 Å². The zero-order valence-corrected chi connectivity index (χ0v) is 12.7. The number of rotatable bonds is 4. The Morgan fingerprint density at radius 1 is 1.29 bits per heavy atom. The average Bonchev–Trinajstić information content (AvgIpc) is 3.22. The van der Waals surface area contributed by atoms with Crippen molar-refractivity contribution in [1.82, 2.24) is 29.9 Å². The van der Waals surface area contributed by atoms with E-state index < -0.39 is 0 Å². The molecule has 3 aromatic heterocycles. The summed E-state index contributed by atoms with van der Waals surface area (Å²) in [4.78, 5) is 12.7. The van der Waals surface area contributed by atoms with Gasteiger partial charge < -0.3 is 15.5 Å². The first kappa shape index (κ1) is 13.2. The fraction of sp³-hybridized carbons (Fsp3) is 0.267. The lowest BCUT2D eigenvalue weighted by atomic mass is 10.2. The van der Waals surface area contributed by atoms with Crippen LogP contribution in [0.25, 0.3) is 22.3 Å². The van der Waals surface area contributed by atoms with Crippen LogP contribution in [0.3, 0.4) is 0 Å². The molecule has 0 aliphatic heterocycles. The van der Waals surface area contributed by atoms with Crippen LogP contribution in [0.2, 0.25) is 0 Å². The Bertz CT molecular complexity index is 1050. The molecule has 24 heavy (non-hydrogen) atoms. The van der Waals surface area contributed by atoms with Crippen molar-refractivity contribution in [2.45, 2.75) is 25.4 Å². The molecule has 9 heteroatoms. The Hall–Kier alpha value is -3.23. The third kappa shape index (κ3) is 2.13. The number of hydrogen-bond acceptors (Lipinski definition) is 8. The minimum Gasteiger partial charge on any atom is -0.424 e. The summed E-state index contributed by atoms with van der Waals surface area (Å²) in [5.41, 5.74) is 9.48. The molecule has 1 aliphatic rings. The van der Waals surface area contributed by atoms with E-state index in [4.69, 9.17) is 10.2 Å². The summed E-state index contributed by atoms with van der Waals surface area (Å²) in [5, 5.41) is 11.7. The number of oxazole rings is 1. The van der Waals surface area contributed by atoms with Gasteiger partial charge in [0.2, 0.25) is 0 Å². The first-order valence-electron chi connectivity index (χ1n) is 7.72. The first-order chi connectivity index (χ1) is 11.8. The highest BCUT2D eigenvalue weighted by molar-refractivity contribution is 5.82. The van der Waals surface area contributed by atoms with Crippen molar-refractivity contribution in [1.29, 1.82) is 0 Å². The van der Waals surface area contributed by atoms with Crippen LogP contribution in [0.1, 0.15) is 24.4 Å². The minimum absolute atomic E-state index is 0.171. The minimum atomic E-state index is 0.171. The molecular weight excluding hydrogens is 308 g/mol. The molecule has 9 nitrogen and oxygen atoms in total. The van der Waals surface area contributed by atoms with Crippen molar-refractivity contribution < 1.29 is 4.42 Å². The molecule has 0 saturated heterocycles. The molecule has 5 rings (SSSR count). The molecule has 3 N–H and O–H groups in total. The number of nitrogens with one attached hydrogen (secondary N) is 1. The zero-order valence-electron chi connectivity index (χ0n) is 12.7. The van der Waals surface area contributed by atoms with Crippen molar-refractivity contribution in [3.63, 3.8) is 0 Å². The van der Waals surface area contributed by atoms with Crippen LogP contribution in [-0.2, 0) is 6.54 Å². The zero-order chi connectivity index (χ0) is 16.1. The van der Waals surface area contributed by atoms with Crippen LogP contribution in [0.4, 0.5) is 11.8 Å². The number of nitrogen functional groups attached to an aromatic ring is 1. The van der Waals surface area contributed by atoms with Gasteiger partial charge in [0.1, 0.15) is 11.8 Å². The van der Waals surface area contributed by atoms with Gasteiger partial charge in [0.05, 0.1) is 6.04 Å². The SMILES string of the molecule is Nc1nc2cc(CNc3ncnc4c3nnn4C3CC3)ccc2o1. The summed E-state index contributed by atoms with van der Waals surface area (Å²) < 4.78 is 7.16. The molecule has 0 spiro atoms. The van der Waals surface area contributed by atoms with Gasteiger partial charge in [0, 0.05) is 6.54 Å². The topological polar surface area (TPSA) is 121 Å². The molecule has 0 bridgehead atoms. The highest BCUT2D eigenvalue weighted by Gasteiger charge is 2.27. The molecule has 3 heterocycles. The second-order valence-electron chi connectivity index (χ2n) is 5.87. The van der Waals surface area contributed by atoms with E-state index in [1.807, 2.05) is 22.9 Å². The summed E-state index contributed by atoms with van der Waals surface area (Å²) in [5.74, 6) is 0.673. The molecule has 4 aromatic rings. The number of nitrogens with zero attached hydrogens (tertiary/aromatic N) is 6. The standard InChI is InChI=1S/C15H14N8O/c16-15-20-10-5-8(1-4-11(10)24-15)6-17-13-12-14(19-7-18-13)23(22-21-12)9-2-3-9/h1,4-5,7,9H,2-3,6H2,(H2,16,20)(H,17,18,19). The molecule has 1 aliphatic carbocycles. The largest absolute Gasteiger partial charge is 0.424 e. The lowest BCUT2D eigenvalue weighted by molar-refractivity contribution is 0.624. The van der Waals surface area contributed by atoms with Crippen LogP contribution >= 0.6 is 0 Å². The van der Waals surface area contributed by atoms with Crippen molar-refractivity contribution in [2.24, 2.45) is 0 Å². The summed E-state index contributed by atoms with van der Waals surface area (Å²) >= 11 is 0. The second-order valence-corrected chi connectivity index (χ2v) is 5.87. The van der Waals surface area contributed by atoms with Crippen LogP contribution in [0, 0.1) is 0 Å². The van der Waals surface area contributed by atoms with Gasteiger partial charge in [0.15, 0.2) is 22.6 Å². The quantitative estimate of drug-likeness (QED) is 0.584. The second kappa shape index (κ2) is 4.88. The number of anilines is 2. The summed E-state index contributed by atoms with van der Waals surface area (Å²) in [6.45, 7) is 0.575. The normalized spacial score (nSPS) is 14.5. The number of aromatic nitrogens is 6. The Kier molecular flexibility index (Phi) is 2.69. The molecule has 0 radical (unpaired) electrons. The highest BCUT2D eigenvalue weighted by atomic mass is 16.4.